The van der Waals surface area contributed by atoms with Gasteiger partial charge in [-0.3, -0.25) is 0 Å². The maximum atomic E-state index is 6.01. The van der Waals surface area contributed by atoms with Crippen LogP contribution >= 0.6 is 23.4 Å². The summed E-state index contributed by atoms with van der Waals surface area (Å²) >= 11 is 7.86. The standard InChI is InChI=1S/C12H16ClNOS/c1-15-11-5-4-9(13)7-12(11)16-10-3-2-6-14-8-10/h4-5,7,10,14H,2-3,6,8H2,1H3. The molecule has 0 spiro atoms. The topological polar surface area (TPSA) is 21.3 Å². The number of nitrogens with one attached hydrogen (secondary N) is 1. The molecule has 1 aliphatic heterocycles. The highest BCUT2D eigenvalue weighted by atomic mass is 35.5. The van der Waals surface area contributed by atoms with Crippen molar-refractivity contribution in [3.63, 3.8) is 0 Å². The molecule has 1 fully saturated rings. The summed E-state index contributed by atoms with van der Waals surface area (Å²) < 4.78 is 5.34. The van der Waals surface area contributed by atoms with Crippen LogP contribution in [0.5, 0.6) is 5.75 Å². The van der Waals surface area contributed by atoms with Gasteiger partial charge in [0.15, 0.2) is 0 Å². The molecule has 1 heterocycles. The number of ether oxygens (including phenoxy) is 1. The third-order valence-corrected chi connectivity index (χ3v) is 4.21. The van der Waals surface area contributed by atoms with Crippen LogP contribution in [0.2, 0.25) is 5.02 Å². The van der Waals surface area contributed by atoms with Gasteiger partial charge in [0.05, 0.1) is 12.0 Å². The molecule has 4 heteroatoms. The fraction of sp³-hybridized carbons (Fsp3) is 0.500. The highest BCUT2D eigenvalue weighted by Gasteiger charge is 2.16. The molecule has 2 rings (SSSR count). The van der Waals surface area contributed by atoms with E-state index in [0.29, 0.717) is 5.25 Å². The van der Waals surface area contributed by atoms with Gasteiger partial charge in [0.2, 0.25) is 0 Å². The number of benzene rings is 1. The molecule has 1 saturated heterocycles. The number of hydrogen-bond donors (Lipinski definition) is 1. The fourth-order valence-corrected chi connectivity index (χ4v) is 3.39. The zero-order valence-corrected chi connectivity index (χ0v) is 10.9. The van der Waals surface area contributed by atoms with E-state index in [0.717, 1.165) is 28.8 Å². The molecule has 2 nitrogen and oxygen atoms in total. The predicted molar refractivity (Wildman–Crippen MR) is 69.8 cm³/mol. The minimum Gasteiger partial charge on any atom is -0.496 e. The predicted octanol–water partition coefficient (Wildman–Crippen LogP) is 3.19. The molecule has 0 bridgehead atoms. The smallest absolute Gasteiger partial charge is 0.132 e. The van der Waals surface area contributed by atoms with Crippen LogP contribution in [0.15, 0.2) is 23.1 Å². The third-order valence-electron chi connectivity index (χ3n) is 2.67. The average molecular weight is 258 g/mol. The molecule has 0 aliphatic carbocycles. The van der Waals surface area contributed by atoms with E-state index in [-0.39, 0.29) is 0 Å². The number of thioether (sulfide) groups is 1. The SMILES string of the molecule is COc1ccc(Cl)cc1SC1CCCNC1. The van der Waals surface area contributed by atoms with Crippen LogP contribution in [-0.4, -0.2) is 25.4 Å². The third kappa shape index (κ3) is 3.06. The van der Waals surface area contributed by atoms with Crippen LogP contribution in [0.3, 0.4) is 0 Å². The van der Waals surface area contributed by atoms with E-state index in [2.05, 4.69) is 5.32 Å². The van der Waals surface area contributed by atoms with Crippen LogP contribution in [0.4, 0.5) is 0 Å². The van der Waals surface area contributed by atoms with Crippen LogP contribution in [0, 0.1) is 0 Å². The minimum atomic E-state index is 0.626. The van der Waals surface area contributed by atoms with Gasteiger partial charge in [-0.05, 0) is 37.6 Å². The summed E-state index contributed by atoms with van der Waals surface area (Å²) in [7, 11) is 1.70. The van der Waals surface area contributed by atoms with Crippen molar-refractivity contribution in [3.05, 3.63) is 23.2 Å². The Morgan fingerprint density at radius 2 is 2.38 bits per heavy atom. The van der Waals surface area contributed by atoms with Gasteiger partial charge in [-0.2, -0.15) is 0 Å². The van der Waals surface area contributed by atoms with Crippen molar-refractivity contribution in [2.75, 3.05) is 20.2 Å². The Bertz CT molecular complexity index is 353. The van der Waals surface area contributed by atoms with Crippen molar-refractivity contribution in [1.82, 2.24) is 5.32 Å². The summed E-state index contributed by atoms with van der Waals surface area (Å²) in [5.41, 5.74) is 0. The van der Waals surface area contributed by atoms with E-state index in [1.807, 2.05) is 30.0 Å². The van der Waals surface area contributed by atoms with Gasteiger partial charge in [0.25, 0.3) is 0 Å². The lowest BCUT2D eigenvalue weighted by molar-refractivity contribution is 0.404. The number of methoxy groups -OCH3 is 1. The van der Waals surface area contributed by atoms with Crippen LogP contribution < -0.4 is 10.1 Å². The molecule has 1 N–H and O–H groups in total. The van der Waals surface area contributed by atoms with Crippen LogP contribution in [0.25, 0.3) is 0 Å². The van der Waals surface area contributed by atoms with Crippen molar-refractivity contribution in [2.24, 2.45) is 0 Å². The molecule has 0 saturated carbocycles. The normalized spacial score (nSPS) is 20.8. The van der Waals surface area contributed by atoms with E-state index >= 15 is 0 Å². The second-order valence-corrected chi connectivity index (χ2v) is 5.66. The van der Waals surface area contributed by atoms with Gasteiger partial charge in [0.1, 0.15) is 5.75 Å². The van der Waals surface area contributed by atoms with Crippen molar-refractivity contribution < 1.29 is 4.74 Å². The largest absolute Gasteiger partial charge is 0.496 e. The molecule has 0 radical (unpaired) electrons. The van der Waals surface area contributed by atoms with E-state index in [4.69, 9.17) is 16.3 Å². The second kappa shape index (κ2) is 5.80. The Morgan fingerprint density at radius 1 is 1.50 bits per heavy atom. The molecule has 1 aliphatic rings. The molecular weight excluding hydrogens is 242 g/mol. The Morgan fingerprint density at radius 3 is 3.06 bits per heavy atom. The monoisotopic (exact) mass is 257 g/mol. The van der Waals surface area contributed by atoms with Gasteiger partial charge >= 0.3 is 0 Å². The first-order chi connectivity index (χ1) is 7.79. The average Bonchev–Trinajstić information content (AvgIpc) is 2.31. The highest BCUT2D eigenvalue weighted by molar-refractivity contribution is 8.00. The molecule has 1 unspecified atom stereocenters. The number of piperidine rings is 1. The van der Waals surface area contributed by atoms with Gasteiger partial charge in [0, 0.05) is 16.8 Å². The summed E-state index contributed by atoms with van der Waals surface area (Å²) in [4.78, 5) is 1.14. The second-order valence-electron chi connectivity index (χ2n) is 3.88. The van der Waals surface area contributed by atoms with Crippen molar-refractivity contribution in [1.29, 1.82) is 0 Å². The summed E-state index contributed by atoms with van der Waals surface area (Å²) in [5.74, 6) is 0.917. The summed E-state index contributed by atoms with van der Waals surface area (Å²) in [5, 5.41) is 4.81. The van der Waals surface area contributed by atoms with Gasteiger partial charge < -0.3 is 10.1 Å². The van der Waals surface area contributed by atoms with E-state index in [1.54, 1.807) is 7.11 Å². The Labute approximate surface area is 106 Å². The lowest BCUT2D eigenvalue weighted by Crippen LogP contribution is -2.31. The minimum absolute atomic E-state index is 0.626. The van der Waals surface area contributed by atoms with Crippen molar-refractivity contribution >= 4 is 23.4 Å². The van der Waals surface area contributed by atoms with E-state index in [9.17, 15) is 0 Å². The zero-order valence-electron chi connectivity index (χ0n) is 9.33. The first kappa shape index (κ1) is 12.1. The fourth-order valence-electron chi connectivity index (χ4n) is 1.84. The van der Waals surface area contributed by atoms with Crippen LogP contribution in [-0.2, 0) is 0 Å². The zero-order chi connectivity index (χ0) is 11.4. The highest BCUT2D eigenvalue weighted by Crippen LogP contribution is 2.36. The van der Waals surface area contributed by atoms with E-state index < -0.39 is 0 Å². The Kier molecular flexibility index (Phi) is 4.38. The Balaban J connectivity index is 2.09. The quantitative estimate of drug-likeness (QED) is 0.899. The first-order valence-electron chi connectivity index (χ1n) is 5.50. The molecule has 1 atom stereocenters. The molecular formula is C12H16ClNOS. The van der Waals surface area contributed by atoms with Gasteiger partial charge in [-0.15, -0.1) is 11.8 Å². The summed E-state index contributed by atoms with van der Waals surface area (Å²) in [6, 6.07) is 5.78. The lowest BCUT2D eigenvalue weighted by atomic mass is 10.2. The number of rotatable bonds is 3. The van der Waals surface area contributed by atoms with Gasteiger partial charge in [-0.1, -0.05) is 11.6 Å². The van der Waals surface area contributed by atoms with Crippen LogP contribution in [0.1, 0.15) is 12.8 Å². The van der Waals surface area contributed by atoms with Crippen molar-refractivity contribution in [2.45, 2.75) is 23.0 Å². The van der Waals surface area contributed by atoms with Gasteiger partial charge in [-0.25, -0.2) is 0 Å². The molecule has 1 aromatic carbocycles. The van der Waals surface area contributed by atoms with E-state index in [1.165, 1.54) is 12.8 Å². The first-order valence-corrected chi connectivity index (χ1v) is 6.76. The summed E-state index contributed by atoms with van der Waals surface area (Å²) in [6.45, 7) is 2.21. The molecule has 0 aromatic heterocycles. The maximum absolute atomic E-state index is 6.01. The number of halogens is 1. The lowest BCUT2D eigenvalue weighted by Gasteiger charge is -2.22. The Hall–Kier alpha value is -0.380. The maximum Gasteiger partial charge on any atom is 0.132 e. The summed E-state index contributed by atoms with van der Waals surface area (Å²) in [6.07, 6.45) is 2.51. The molecule has 16 heavy (non-hydrogen) atoms. The molecule has 88 valence electrons. The van der Waals surface area contributed by atoms with Crippen molar-refractivity contribution in [3.8, 4) is 5.75 Å². The number of hydrogen-bond acceptors (Lipinski definition) is 3. The molecule has 1 aromatic rings. The molecule has 0 amide bonds.